The van der Waals surface area contributed by atoms with Gasteiger partial charge in [0.05, 0.1) is 19.7 Å². The minimum atomic E-state index is -1.14. The molecule has 1 aromatic heterocycles. The number of hydrogen-bond acceptors (Lipinski definition) is 5. The van der Waals surface area contributed by atoms with Gasteiger partial charge in [0.2, 0.25) is 0 Å². The van der Waals surface area contributed by atoms with Crippen molar-refractivity contribution < 1.29 is 23.9 Å². The highest BCUT2D eigenvalue weighted by atomic mass is 16.5. The van der Waals surface area contributed by atoms with Crippen molar-refractivity contribution in [3.05, 3.63) is 102 Å². The lowest BCUT2D eigenvalue weighted by atomic mass is 10.0. The number of hydrogen-bond donors (Lipinski definition) is 1. The van der Waals surface area contributed by atoms with Gasteiger partial charge in [-0.05, 0) is 30.3 Å². The van der Waals surface area contributed by atoms with Gasteiger partial charge in [-0.2, -0.15) is 0 Å². The van der Waals surface area contributed by atoms with E-state index in [1.165, 1.54) is 18.8 Å². The average molecular weight is 442 g/mol. The molecule has 1 atom stereocenters. The zero-order valence-electron chi connectivity index (χ0n) is 18.1. The van der Waals surface area contributed by atoms with Crippen LogP contribution in [0.4, 0.5) is 0 Å². The topological polar surface area (TPSA) is 86.6 Å². The number of nitrogens with zero attached hydrogens (tertiary/aromatic N) is 1. The normalized spacial score (nSPS) is 11.6. The van der Waals surface area contributed by atoms with E-state index in [0.29, 0.717) is 28.0 Å². The Morgan fingerprint density at radius 2 is 1.45 bits per heavy atom. The first kappa shape index (κ1) is 21.8. The van der Waals surface area contributed by atoms with Crippen LogP contribution in [0.15, 0.2) is 85.1 Å². The number of nitrogens with one attached hydrogen (secondary N) is 1. The summed E-state index contributed by atoms with van der Waals surface area (Å²) < 4.78 is 12.1. The van der Waals surface area contributed by atoms with E-state index in [1.54, 1.807) is 79.0 Å². The summed E-state index contributed by atoms with van der Waals surface area (Å²) in [7, 11) is 2.70. The fourth-order valence-electron chi connectivity index (χ4n) is 3.73. The number of fused-ring (bicyclic) bond motifs is 1. The molecule has 0 spiro atoms. The Labute approximate surface area is 190 Å². The highest BCUT2D eigenvalue weighted by Crippen LogP contribution is 2.35. The molecule has 166 valence electrons. The molecule has 1 N–H and O–H groups in total. The van der Waals surface area contributed by atoms with Crippen molar-refractivity contribution in [2.45, 2.75) is 6.04 Å². The first-order chi connectivity index (χ1) is 16.0. The van der Waals surface area contributed by atoms with Crippen molar-refractivity contribution in [2.24, 2.45) is 0 Å². The van der Waals surface area contributed by atoms with Crippen LogP contribution >= 0.6 is 0 Å². The monoisotopic (exact) mass is 442 g/mol. The average Bonchev–Trinajstić information content (AvgIpc) is 3.31. The zero-order chi connectivity index (χ0) is 23.4. The van der Waals surface area contributed by atoms with Gasteiger partial charge in [0.25, 0.3) is 11.8 Å². The van der Waals surface area contributed by atoms with E-state index in [0.717, 1.165) is 5.39 Å². The summed E-state index contributed by atoms with van der Waals surface area (Å²) in [6.07, 6.45) is 1.65. The van der Waals surface area contributed by atoms with Gasteiger partial charge >= 0.3 is 5.97 Å². The molecule has 0 aliphatic heterocycles. The number of amides is 1. The highest BCUT2D eigenvalue weighted by molar-refractivity contribution is 6.04. The van der Waals surface area contributed by atoms with Crippen LogP contribution in [0.5, 0.6) is 5.75 Å². The van der Waals surface area contributed by atoms with Crippen LogP contribution in [-0.2, 0) is 9.53 Å². The van der Waals surface area contributed by atoms with Gasteiger partial charge in [-0.3, -0.25) is 14.2 Å². The lowest BCUT2D eigenvalue weighted by Crippen LogP contribution is -2.34. The Morgan fingerprint density at radius 3 is 2.06 bits per heavy atom. The second-order valence-corrected chi connectivity index (χ2v) is 7.28. The number of ether oxygens (including phenoxy) is 2. The van der Waals surface area contributed by atoms with Crippen LogP contribution in [-0.4, -0.2) is 36.6 Å². The summed E-state index contributed by atoms with van der Waals surface area (Å²) in [6, 6.07) is 21.5. The molecule has 1 heterocycles. The van der Waals surface area contributed by atoms with Gasteiger partial charge in [0.15, 0.2) is 6.04 Å². The summed E-state index contributed by atoms with van der Waals surface area (Å²) in [4.78, 5) is 38.7. The van der Waals surface area contributed by atoms with Crippen LogP contribution in [0.3, 0.4) is 0 Å². The number of benzene rings is 3. The van der Waals surface area contributed by atoms with Crippen molar-refractivity contribution in [1.82, 2.24) is 9.88 Å². The fraction of sp³-hybridized carbons (Fsp3) is 0.115. The molecule has 0 fully saturated rings. The molecule has 0 aliphatic rings. The van der Waals surface area contributed by atoms with Gasteiger partial charge < -0.3 is 14.8 Å². The minimum absolute atomic E-state index is 0.246. The Kier molecular flexibility index (Phi) is 6.22. The number of aromatic nitrogens is 1. The molecule has 0 saturated carbocycles. The molecular formula is C26H22N2O5. The minimum Gasteiger partial charge on any atom is -0.494 e. The van der Waals surface area contributed by atoms with E-state index in [1.807, 2.05) is 6.07 Å². The highest BCUT2D eigenvalue weighted by Gasteiger charge is 2.29. The van der Waals surface area contributed by atoms with Crippen molar-refractivity contribution in [2.75, 3.05) is 14.2 Å². The second-order valence-electron chi connectivity index (χ2n) is 7.28. The van der Waals surface area contributed by atoms with Crippen LogP contribution in [0.1, 0.15) is 32.3 Å². The summed E-state index contributed by atoms with van der Waals surface area (Å²) in [5.41, 5.74) is 1.77. The second kappa shape index (κ2) is 9.40. The van der Waals surface area contributed by atoms with Gasteiger partial charge in [-0.1, -0.05) is 48.5 Å². The molecule has 7 nitrogen and oxygen atoms in total. The van der Waals surface area contributed by atoms with Crippen LogP contribution < -0.4 is 10.1 Å². The van der Waals surface area contributed by atoms with Gasteiger partial charge in [0.1, 0.15) is 5.75 Å². The van der Waals surface area contributed by atoms with E-state index >= 15 is 0 Å². The number of carbonyl (C=O) groups is 3. The third-order valence-corrected chi connectivity index (χ3v) is 5.34. The summed E-state index contributed by atoms with van der Waals surface area (Å²) >= 11 is 0. The van der Waals surface area contributed by atoms with Crippen molar-refractivity contribution in [3.8, 4) is 5.75 Å². The van der Waals surface area contributed by atoms with Crippen LogP contribution in [0, 0.1) is 0 Å². The molecule has 7 heteroatoms. The van der Waals surface area contributed by atoms with E-state index in [-0.39, 0.29) is 5.91 Å². The summed E-state index contributed by atoms with van der Waals surface area (Å²) in [5, 5.41) is 3.47. The summed E-state index contributed by atoms with van der Waals surface area (Å²) in [6.45, 7) is 0. The lowest BCUT2D eigenvalue weighted by Gasteiger charge is -2.20. The number of methoxy groups -OCH3 is 2. The number of rotatable bonds is 6. The van der Waals surface area contributed by atoms with E-state index < -0.39 is 17.9 Å². The van der Waals surface area contributed by atoms with Crippen molar-refractivity contribution in [3.63, 3.8) is 0 Å². The van der Waals surface area contributed by atoms with E-state index in [9.17, 15) is 14.4 Å². The molecule has 0 radical (unpaired) electrons. The maximum absolute atomic E-state index is 13.2. The Balaban J connectivity index is 1.82. The molecular weight excluding hydrogens is 420 g/mol. The molecule has 33 heavy (non-hydrogen) atoms. The first-order valence-corrected chi connectivity index (χ1v) is 10.3. The standard InChI is InChI=1S/C26H22N2O5/c1-32-23-20(21(26(31)33-2)27-24(29)18-9-5-3-6-10-18)14-13-17-15-16-28(22(17)23)25(30)19-11-7-4-8-12-19/h3-16,21H,1-2H3,(H,27,29). The van der Waals surface area contributed by atoms with Crippen molar-refractivity contribution in [1.29, 1.82) is 0 Å². The van der Waals surface area contributed by atoms with E-state index in [2.05, 4.69) is 5.32 Å². The van der Waals surface area contributed by atoms with Crippen molar-refractivity contribution >= 4 is 28.7 Å². The Morgan fingerprint density at radius 1 is 0.818 bits per heavy atom. The number of carbonyl (C=O) groups excluding carboxylic acids is 3. The van der Waals surface area contributed by atoms with Gasteiger partial charge in [-0.15, -0.1) is 0 Å². The number of esters is 1. The Hall–Kier alpha value is -4.39. The molecule has 4 rings (SSSR count). The molecule has 4 aromatic rings. The molecule has 0 aliphatic carbocycles. The molecule has 1 unspecified atom stereocenters. The molecule has 3 aromatic carbocycles. The van der Waals surface area contributed by atoms with Crippen LogP contribution in [0.2, 0.25) is 0 Å². The third-order valence-electron chi connectivity index (χ3n) is 5.34. The SMILES string of the molecule is COC(=O)C(NC(=O)c1ccccc1)c1ccc2ccn(C(=O)c3ccccc3)c2c1OC. The fourth-order valence-corrected chi connectivity index (χ4v) is 3.73. The predicted molar refractivity (Wildman–Crippen MR) is 123 cm³/mol. The molecule has 0 saturated heterocycles. The predicted octanol–water partition coefficient (Wildman–Crippen LogP) is 3.98. The maximum Gasteiger partial charge on any atom is 0.333 e. The largest absolute Gasteiger partial charge is 0.494 e. The third kappa shape index (κ3) is 4.21. The van der Waals surface area contributed by atoms with E-state index in [4.69, 9.17) is 9.47 Å². The molecule has 0 bridgehead atoms. The van der Waals surface area contributed by atoms with Gasteiger partial charge in [-0.25, -0.2) is 4.79 Å². The van der Waals surface area contributed by atoms with Gasteiger partial charge in [0, 0.05) is 28.3 Å². The van der Waals surface area contributed by atoms with Crippen LogP contribution in [0.25, 0.3) is 10.9 Å². The first-order valence-electron chi connectivity index (χ1n) is 10.3. The zero-order valence-corrected chi connectivity index (χ0v) is 18.1. The summed E-state index contributed by atoms with van der Waals surface area (Å²) in [5.74, 6) is -1.05. The lowest BCUT2D eigenvalue weighted by molar-refractivity contribution is -0.143. The molecule has 1 amide bonds. The maximum atomic E-state index is 13.2. The Bertz CT molecular complexity index is 1310. The quantitative estimate of drug-likeness (QED) is 0.457. The smallest absolute Gasteiger partial charge is 0.333 e.